The number of nitrogens with one attached hydrogen (secondary N) is 1. The molecule has 1 aliphatic rings. The fourth-order valence-corrected chi connectivity index (χ4v) is 3.53. The molecule has 7 heteroatoms. The molecule has 1 atom stereocenters. The predicted molar refractivity (Wildman–Crippen MR) is 100 cm³/mol. The second kappa shape index (κ2) is 8.60. The number of hydrogen-bond donors (Lipinski definition) is 1. The van der Waals surface area contributed by atoms with Gasteiger partial charge in [0.1, 0.15) is 12.4 Å². The number of aryl methyl sites for hydroxylation is 1. The van der Waals surface area contributed by atoms with Crippen molar-refractivity contribution >= 4 is 5.82 Å². The molecule has 7 nitrogen and oxygen atoms in total. The zero-order chi connectivity index (χ0) is 18.5. The summed E-state index contributed by atoms with van der Waals surface area (Å²) in [6.07, 6.45) is 2.03. The number of rotatable bonds is 8. The molecule has 1 N–H and O–H groups in total. The molecule has 1 fully saturated rings. The molecule has 2 aromatic heterocycles. The van der Waals surface area contributed by atoms with Gasteiger partial charge in [-0.05, 0) is 32.3 Å². The van der Waals surface area contributed by atoms with E-state index in [1.54, 1.807) is 7.11 Å². The van der Waals surface area contributed by atoms with Gasteiger partial charge in [-0.1, -0.05) is 6.92 Å². The van der Waals surface area contributed by atoms with E-state index >= 15 is 0 Å². The Labute approximate surface area is 155 Å². The van der Waals surface area contributed by atoms with Gasteiger partial charge < -0.3 is 14.8 Å². The van der Waals surface area contributed by atoms with E-state index in [4.69, 9.17) is 9.47 Å². The summed E-state index contributed by atoms with van der Waals surface area (Å²) in [6, 6.07) is 2.04. The van der Waals surface area contributed by atoms with Crippen molar-refractivity contribution < 1.29 is 9.47 Å². The topological polar surface area (TPSA) is 74.1 Å². The molecule has 142 valence electrons. The first-order valence-electron chi connectivity index (χ1n) is 9.33. The Balaban J connectivity index is 1.68. The molecule has 0 radical (unpaired) electrons. The van der Waals surface area contributed by atoms with Gasteiger partial charge in [-0.3, -0.25) is 4.68 Å². The fraction of sp³-hybridized carbons (Fsp3) is 0.632. The van der Waals surface area contributed by atoms with Gasteiger partial charge in [0.2, 0.25) is 0 Å². The number of aromatic nitrogens is 4. The molecule has 1 aliphatic heterocycles. The smallest absolute Gasteiger partial charge is 0.156 e. The van der Waals surface area contributed by atoms with Crippen LogP contribution in [0.2, 0.25) is 0 Å². The Hall–Kier alpha value is -1.99. The lowest BCUT2D eigenvalue weighted by molar-refractivity contribution is 0.177. The molecule has 0 amide bonds. The fourth-order valence-electron chi connectivity index (χ4n) is 3.53. The number of ether oxygens (including phenoxy) is 2. The van der Waals surface area contributed by atoms with Crippen LogP contribution in [-0.4, -0.2) is 46.6 Å². The highest BCUT2D eigenvalue weighted by atomic mass is 16.5. The van der Waals surface area contributed by atoms with Crippen molar-refractivity contribution in [3.8, 4) is 0 Å². The third kappa shape index (κ3) is 4.22. The molecule has 26 heavy (non-hydrogen) atoms. The molecule has 3 heterocycles. The molecule has 0 aliphatic carbocycles. The number of anilines is 1. The summed E-state index contributed by atoms with van der Waals surface area (Å²) in [4.78, 5) is 9.21. The zero-order valence-electron chi connectivity index (χ0n) is 16.2. The standard InChI is InChI=1S/C19H29N5O2/c1-5-16-13(2)23-24(14(16)3)8-7-20-18-10-17(15-6-9-26-11-15)21-19(22-18)12-25-4/h10,15H,5-9,11-12H2,1-4H3,(H,20,21,22). The summed E-state index contributed by atoms with van der Waals surface area (Å²) in [5.74, 6) is 1.89. The molecule has 1 saturated heterocycles. The SMILES string of the molecule is CCc1c(C)nn(CCNc2cc(C3CCOC3)nc(COC)n2)c1C. The van der Waals surface area contributed by atoms with Crippen LogP contribution in [-0.2, 0) is 29.0 Å². The highest BCUT2D eigenvalue weighted by Crippen LogP contribution is 2.25. The average molecular weight is 359 g/mol. The Bertz CT molecular complexity index is 738. The van der Waals surface area contributed by atoms with Crippen LogP contribution in [0, 0.1) is 13.8 Å². The van der Waals surface area contributed by atoms with Gasteiger partial charge in [0, 0.05) is 37.9 Å². The van der Waals surface area contributed by atoms with E-state index in [9.17, 15) is 0 Å². The summed E-state index contributed by atoms with van der Waals surface area (Å²) in [6.45, 7) is 9.89. The summed E-state index contributed by atoms with van der Waals surface area (Å²) in [7, 11) is 1.66. The third-order valence-electron chi connectivity index (χ3n) is 4.93. The molecule has 0 spiro atoms. The molecule has 1 unspecified atom stereocenters. The van der Waals surface area contributed by atoms with Gasteiger partial charge in [0.05, 0.1) is 24.5 Å². The second-order valence-corrected chi connectivity index (χ2v) is 6.74. The summed E-state index contributed by atoms with van der Waals surface area (Å²) < 4.78 is 12.8. The first-order chi connectivity index (χ1) is 12.6. The minimum absolute atomic E-state index is 0.345. The number of nitrogens with zero attached hydrogens (tertiary/aromatic N) is 4. The van der Waals surface area contributed by atoms with Crippen LogP contribution >= 0.6 is 0 Å². The van der Waals surface area contributed by atoms with Gasteiger partial charge in [-0.25, -0.2) is 9.97 Å². The van der Waals surface area contributed by atoms with Crippen LogP contribution in [0.3, 0.4) is 0 Å². The van der Waals surface area contributed by atoms with Crippen molar-refractivity contribution in [3.05, 3.63) is 34.5 Å². The maximum atomic E-state index is 5.50. The third-order valence-corrected chi connectivity index (χ3v) is 4.93. The molecular weight excluding hydrogens is 330 g/mol. The Morgan fingerprint density at radius 1 is 1.35 bits per heavy atom. The first-order valence-corrected chi connectivity index (χ1v) is 9.33. The predicted octanol–water partition coefficient (Wildman–Crippen LogP) is 2.61. The van der Waals surface area contributed by atoms with E-state index in [2.05, 4.69) is 45.8 Å². The van der Waals surface area contributed by atoms with Crippen molar-refractivity contribution in [1.29, 1.82) is 0 Å². The lowest BCUT2D eigenvalue weighted by atomic mass is 10.0. The quantitative estimate of drug-likeness (QED) is 0.781. The van der Waals surface area contributed by atoms with Crippen LogP contribution in [0.4, 0.5) is 5.82 Å². The van der Waals surface area contributed by atoms with Crippen molar-refractivity contribution in [2.75, 3.05) is 32.2 Å². The highest BCUT2D eigenvalue weighted by molar-refractivity contribution is 5.37. The van der Waals surface area contributed by atoms with Crippen molar-refractivity contribution in [2.24, 2.45) is 0 Å². The van der Waals surface area contributed by atoms with Gasteiger partial charge in [-0.15, -0.1) is 0 Å². The van der Waals surface area contributed by atoms with Gasteiger partial charge in [-0.2, -0.15) is 5.10 Å². The monoisotopic (exact) mass is 359 g/mol. The van der Waals surface area contributed by atoms with E-state index < -0.39 is 0 Å². The van der Waals surface area contributed by atoms with E-state index in [1.807, 2.05) is 6.07 Å². The Kier molecular flexibility index (Phi) is 6.21. The van der Waals surface area contributed by atoms with Gasteiger partial charge >= 0.3 is 0 Å². The van der Waals surface area contributed by atoms with E-state index in [1.165, 1.54) is 11.3 Å². The number of hydrogen-bond acceptors (Lipinski definition) is 6. The van der Waals surface area contributed by atoms with E-state index in [-0.39, 0.29) is 0 Å². The molecule has 3 rings (SSSR count). The van der Waals surface area contributed by atoms with E-state index in [0.717, 1.165) is 56.4 Å². The van der Waals surface area contributed by atoms with Gasteiger partial charge in [0.25, 0.3) is 0 Å². The highest BCUT2D eigenvalue weighted by Gasteiger charge is 2.20. The maximum Gasteiger partial charge on any atom is 0.156 e. The lowest BCUT2D eigenvalue weighted by Gasteiger charge is -2.13. The Morgan fingerprint density at radius 3 is 2.85 bits per heavy atom. The second-order valence-electron chi connectivity index (χ2n) is 6.74. The lowest BCUT2D eigenvalue weighted by Crippen LogP contribution is -2.15. The summed E-state index contributed by atoms with van der Waals surface area (Å²) in [5, 5.41) is 8.07. The largest absolute Gasteiger partial charge is 0.381 e. The molecular formula is C19H29N5O2. The van der Waals surface area contributed by atoms with Crippen LogP contribution < -0.4 is 5.32 Å². The summed E-state index contributed by atoms with van der Waals surface area (Å²) >= 11 is 0. The van der Waals surface area contributed by atoms with Gasteiger partial charge in [0.15, 0.2) is 5.82 Å². The number of methoxy groups -OCH3 is 1. The van der Waals surface area contributed by atoms with Crippen LogP contribution in [0.15, 0.2) is 6.07 Å². The van der Waals surface area contributed by atoms with E-state index in [0.29, 0.717) is 18.3 Å². The first kappa shape index (κ1) is 18.8. The maximum absolute atomic E-state index is 5.50. The average Bonchev–Trinajstić information content (AvgIpc) is 3.24. The Morgan fingerprint density at radius 2 is 2.19 bits per heavy atom. The minimum Gasteiger partial charge on any atom is -0.381 e. The molecule has 0 bridgehead atoms. The van der Waals surface area contributed by atoms with Crippen LogP contribution in [0.1, 0.15) is 47.7 Å². The summed E-state index contributed by atoms with van der Waals surface area (Å²) in [5.41, 5.74) is 4.75. The molecule has 2 aromatic rings. The normalized spacial score (nSPS) is 17.0. The molecule has 0 saturated carbocycles. The minimum atomic E-state index is 0.345. The van der Waals surface area contributed by atoms with Crippen molar-refractivity contribution in [3.63, 3.8) is 0 Å². The molecule has 0 aromatic carbocycles. The van der Waals surface area contributed by atoms with Crippen molar-refractivity contribution in [2.45, 2.75) is 52.7 Å². The van der Waals surface area contributed by atoms with Crippen LogP contribution in [0.25, 0.3) is 0 Å². The van der Waals surface area contributed by atoms with Crippen LogP contribution in [0.5, 0.6) is 0 Å². The zero-order valence-corrected chi connectivity index (χ0v) is 16.2. The van der Waals surface area contributed by atoms with Crippen molar-refractivity contribution in [1.82, 2.24) is 19.7 Å².